The minimum atomic E-state index is 0.227. The van der Waals surface area contributed by atoms with E-state index in [2.05, 4.69) is 13.8 Å². The Morgan fingerprint density at radius 1 is 1.45 bits per heavy atom. The van der Waals surface area contributed by atoms with Crippen molar-refractivity contribution in [3.05, 3.63) is 0 Å². The molecule has 0 atom stereocenters. The Morgan fingerprint density at radius 3 is 2.09 bits per heavy atom. The quantitative estimate of drug-likeness (QED) is 0.595. The predicted molar refractivity (Wildman–Crippen MR) is 45.3 cm³/mol. The number of hydrogen-bond acceptors (Lipinski definition) is 1. The Morgan fingerprint density at radius 2 is 2.00 bits per heavy atom. The molecule has 1 amide bonds. The van der Waals surface area contributed by atoms with Crippen LogP contribution < -0.4 is 0 Å². The topological polar surface area (TPSA) is 20.3 Å². The number of rotatable bonds is 2. The number of amides is 1. The third kappa shape index (κ3) is 1.73. The summed E-state index contributed by atoms with van der Waals surface area (Å²) in [4.78, 5) is 13.1. The van der Waals surface area contributed by atoms with Gasteiger partial charge in [-0.25, -0.2) is 0 Å². The number of carbonyl (C=O) groups excluding carboxylic acids is 1. The molecular formula is C9H17NO. The van der Waals surface area contributed by atoms with Crippen molar-refractivity contribution >= 4 is 5.91 Å². The van der Waals surface area contributed by atoms with Gasteiger partial charge in [0.05, 0.1) is 0 Å². The van der Waals surface area contributed by atoms with Gasteiger partial charge >= 0.3 is 0 Å². The van der Waals surface area contributed by atoms with Gasteiger partial charge in [-0.2, -0.15) is 0 Å². The molecule has 0 aromatic rings. The molecule has 11 heavy (non-hydrogen) atoms. The molecule has 0 unspecified atom stereocenters. The van der Waals surface area contributed by atoms with Gasteiger partial charge in [0.2, 0.25) is 5.91 Å². The lowest BCUT2D eigenvalue weighted by Gasteiger charge is -2.39. The summed E-state index contributed by atoms with van der Waals surface area (Å²) in [7, 11) is 0. The largest absolute Gasteiger partial charge is 0.338 e. The van der Waals surface area contributed by atoms with Crippen LogP contribution in [0.5, 0.6) is 0 Å². The van der Waals surface area contributed by atoms with E-state index in [1.54, 1.807) is 6.92 Å². The summed E-state index contributed by atoms with van der Waals surface area (Å²) in [6.45, 7) is 5.83. The molecule has 0 aliphatic heterocycles. The van der Waals surface area contributed by atoms with Crippen molar-refractivity contribution in [3.63, 3.8) is 0 Å². The molecule has 0 heterocycles. The van der Waals surface area contributed by atoms with Gasteiger partial charge in [0.1, 0.15) is 0 Å². The van der Waals surface area contributed by atoms with E-state index < -0.39 is 0 Å². The first-order valence-electron chi connectivity index (χ1n) is 4.42. The number of carbonyl (C=O) groups is 1. The van der Waals surface area contributed by atoms with Crippen molar-refractivity contribution in [2.24, 2.45) is 0 Å². The SMILES string of the molecule is CC(=O)N(C(C)C)C1CCC1. The minimum Gasteiger partial charge on any atom is -0.338 e. The molecule has 0 bridgehead atoms. The lowest BCUT2D eigenvalue weighted by Crippen LogP contribution is -2.47. The molecule has 64 valence electrons. The van der Waals surface area contributed by atoms with E-state index in [-0.39, 0.29) is 5.91 Å². The molecule has 2 nitrogen and oxygen atoms in total. The lowest BCUT2D eigenvalue weighted by atomic mass is 9.90. The summed E-state index contributed by atoms with van der Waals surface area (Å²) < 4.78 is 0. The molecule has 1 aliphatic carbocycles. The van der Waals surface area contributed by atoms with Gasteiger partial charge in [-0.15, -0.1) is 0 Å². The van der Waals surface area contributed by atoms with Gasteiger partial charge in [-0.3, -0.25) is 4.79 Å². The summed E-state index contributed by atoms with van der Waals surface area (Å²) in [5.74, 6) is 0.227. The second-order valence-corrected chi connectivity index (χ2v) is 3.60. The minimum absolute atomic E-state index is 0.227. The van der Waals surface area contributed by atoms with Crippen LogP contribution in [0, 0.1) is 0 Å². The zero-order valence-corrected chi connectivity index (χ0v) is 7.63. The zero-order valence-electron chi connectivity index (χ0n) is 7.63. The van der Waals surface area contributed by atoms with E-state index in [4.69, 9.17) is 0 Å². The van der Waals surface area contributed by atoms with Crippen LogP contribution in [0.3, 0.4) is 0 Å². The molecular weight excluding hydrogens is 138 g/mol. The highest BCUT2D eigenvalue weighted by molar-refractivity contribution is 5.74. The molecule has 0 spiro atoms. The standard InChI is InChI=1S/C9H17NO/c1-7(2)10(8(3)11)9-5-4-6-9/h7,9H,4-6H2,1-3H3. The molecule has 0 N–H and O–H groups in total. The highest BCUT2D eigenvalue weighted by Gasteiger charge is 2.28. The number of hydrogen-bond donors (Lipinski definition) is 0. The van der Waals surface area contributed by atoms with Crippen LogP contribution in [-0.2, 0) is 4.79 Å². The van der Waals surface area contributed by atoms with Crippen LogP contribution in [0.2, 0.25) is 0 Å². The fraction of sp³-hybridized carbons (Fsp3) is 0.889. The fourth-order valence-corrected chi connectivity index (χ4v) is 1.71. The maximum Gasteiger partial charge on any atom is 0.219 e. The van der Waals surface area contributed by atoms with E-state index in [9.17, 15) is 4.79 Å². The molecule has 0 saturated heterocycles. The molecule has 1 aliphatic rings. The maximum absolute atomic E-state index is 11.1. The average molecular weight is 155 g/mol. The van der Waals surface area contributed by atoms with Crippen LogP contribution >= 0.6 is 0 Å². The smallest absolute Gasteiger partial charge is 0.219 e. The maximum atomic E-state index is 11.1. The van der Waals surface area contributed by atoms with Crippen LogP contribution in [0.25, 0.3) is 0 Å². The van der Waals surface area contributed by atoms with E-state index in [1.165, 1.54) is 19.3 Å². The molecule has 1 saturated carbocycles. The van der Waals surface area contributed by atoms with Gasteiger partial charge in [-0.1, -0.05) is 0 Å². The summed E-state index contributed by atoms with van der Waals surface area (Å²) >= 11 is 0. The molecule has 1 rings (SSSR count). The molecule has 0 aromatic heterocycles. The molecule has 2 heteroatoms. The van der Waals surface area contributed by atoms with E-state index in [0.717, 1.165) is 0 Å². The second-order valence-electron chi connectivity index (χ2n) is 3.60. The first-order valence-corrected chi connectivity index (χ1v) is 4.42. The molecule has 1 fully saturated rings. The van der Waals surface area contributed by atoms with Crippen molar-refractivity contribution in [1.29, 1.82) is 0 Å². The lowest BCUT2D eigenvalue weighted by molar-refractivity contribution is -0.134. The Labute approximate surface area is 68.6 Å². The van der Waals surface area contributed by atoms with Crippen molar-refractivity contribution in [1.82, 2.24) is 4.90 Å². The normalized spacial score (nSPS) is 18.2. The van der Waals surface area contributed by atoms with Gasteiger partial charge in [0.15, 0.2) is 0 Å². The summed E-state index contributed by atoms with van der Waals surface area (Å²) in [6, 6.07) is 0.922. The van der Waals surface area contributed by atoms with Crippen molar-refractivity contribution in [2.45, 2.75) is 52.1 Å². The van der Waals surface area contributed by atoms with Gasteiger partial charge in [-0.05, 0) is 33.1 Å². The summed E-state index contributed by atoms with van der Waals surface area (Å²) in [6.07, 6.45) is 3.71. The van der Waals surface area contributed by atoms with Crippen molar-refractivity contribution in [3.8, 4) is 0 Å². The average Bonchev–Trinajstić information content (AvgIpc) is 1.75. The fourth-order valence-electron chi connectivity index (χ4n) is 1.71. The molecule has 0 radical (unpaired) electrons. The van der Waals surface area contributed by atoms with E-state index >= 15 is 0 Å². The Hall–Kier alpha value is -0.530. The van der Waals surface area contributed by atoms with Gasteiger partial charge in [0, 0.05) is 19.0 Å². The van der Waals surface area contributed by atoms with Crippen molar-refractivity contribution < 1.29 is 4.79 Å². The van der Waals surface area contributed by atoms with Crippen LogP contribution in [0.15, 0.2) is 0 Å². The van der Waals surface area contributed by atoms with Gasteiger partial charge < -0.3 is 4.90 Å². The highest BCUT2D eigenvalue weighted by atomic mass is 16.2. The van der Waals surface area contributed by atoms with Crippen LogP contribution in [0.1, 0.15) is 40.0 Å². The van der Waals surface area contributed by atoms with E-state index in [1.807, 2.05) is 4.90 Å². The third-order valence-electron chi connectivity index (χ3n) is 2.39. The summed E-state index contributed by atoms with van der Waals surface area (Å²) in [5, 5.41) is 0. The van der Waals surface area contributed by atoms with Crippen LogP contribution in [0.4, 0.5) is 0 Å². The first kappa shape index (κ1) is 8.57. The number of nitrogens with zero attached hydrogens (tertiary/aromatic N) is 1. The third-order valence-corrected chi connectivity index (χ3v) is 2.39. The Kier molecular flexibility index (Phi) is 2.53. The van der Waals surface area contributed by atoms with Crippen molar-refractivity contribution in [2.75, 3.05) is 0 Å². The summed E-state index contributed by atoms with van der Waals surface area (Å²) in [5.41, 5.74) is 0. The van der Waals surface area contributed by atoms with E-state index in [0.29, 0.717) is 12.1 Å². The molecule has 0 aromatic carbocycles. The predicted octanol–water partition coefficient (Wildman–Crippen LogP) is 1.80. The monoisotopic (exact) mass is 155 g/mol. The zero-order chi connectivity index (χ0) is 8.43. The highest BCUT2D eigenvalue weighted by Crippen LogP contribution is 2.26. The Balaban J connectivity index is 2.51. The second kappa shape index (κ2) is 3.24. The van der Waals surface area contributed by atoms with Gasteiger partial charge in [0.25, 0.3) is 0 Å². The Bertz CT molecular complexity index is 150. The van der Waals surface area contributed by atoms with Crippen LogP contribution in [-0.4, -0.2) is 22.9 Å². The first-order chi connectivity index (χ1) is 5.13.